The molecule has 0 amide bonds. The van der Waals surface area contributed by atoms with E-state index in [2.05, 4.69) is 30.4 Å². The van der Waals surface area contributed by atoms with Crippen LogP contribution in [0.3, 0.4) is 0 Å². The highest BCUT2D eigenvalue weighted by Gasteiger charge is 2.55. The van der Waals surface area contributed by atoms with E-state index in [0.29, 0.717) is 12.1 Å². The Labute approximate surface area is 138 Å². The van der Waals surface area contributed by atoms with Gasteiger partial charge in [-0.05, 0) is 37.8 Å². The fraction of sp³-hybridized carbons (Fsp3) is 0.684. The van der Waals surface area contributed by atoms with Crippen LogP contribution in [0.5, 0.6) is 5.75 Å². The van der Waals surface area contributed by atoms with Gasteiger partial charge >= 0.3 is 0 Å². The van der Waals surface area contributed by atoms with E-state index in [0.717, 1.165) is 57.8 Å². The lowest BCUT2D eigenvalue weighted by molar-refractivity contribution is -0.173. The second-order valence-electron chi connectivity index (χ2n) is 7.04. The zero-order valence-electron chi connectivity index (χ0n) is 13.9. The Morgan fingerprint density at radius 1 is 1.26 bits per heavy atom. The van der Waals surface area contributed by atoms with Gasteiger partial charge in [-0.1, -0.05) is 18.2 Å². The van der Waals surface area contributed by atoms with Gasteiger partial charge in [-0.25, -0.2) is 0 Å². The lowest BCUT2D eigenvalue weighted by Gasteiger charge is -2.57. The van der Waals surface area contributed by atoms with Crippen molar-refractivity contribution < 1.29 is 14.2 Å². The summed E-state index contributed by atoms with van der Waals surface area (Å²) in [5.74, 6) is 1.06. The Hall–Kier alpha value is -1.10. The predicted molar refractivity (Wildman–Crippen MR) is 88.9 cm³/mol. The van der Waals surface area contributed by atoms with E-state index in [1.54, 1.807) is 0 Å². The summed E-state index contributed by atoms with van der Waals surface area (Å²) in [5.41, 5.74) is 1.61. The first-order valence-electron chi connectivity index (χ1n) is 8.99. The molecule has 0 aromatic heterocycles. The minimum Gasteiger partial charge on any atom is -0.488 e. The maximum atomic E-state index is 6.06. The quantitative estimate of drug-likeness (QED) is 0.906. The number of nitrogens with one attached hydrogen (secondary N) is 1. The standard InChI is InChI=1S/C19H27NO3/c1-2-22-18-12-17(19(18)7-9-21-10-8-19)20-13-15-11-14-5-3-4-6-16(14)23-15/h3-6,15,17-18,20H,2,7-13H2,1H3/t15-,17-,18-/m1/s1. The van der Waals surface area contributed by atoms with E-state index < -0.39 is 0 Å². The molecule has 0 unspecified atom stereocenters. The van der Waals surface area contributed by atoms with Crippen LogP contribution in [0.1, 0.15) is 31.7 Å². The smallest absolute Gasteiger partial charge is 0.123 e. The van der Waals surface area contributed by atoms with Crippen LogP contribution in [0.4, 0.5) is 0 Å². The Bertz CT molecular complexity index is 516. The SMILES string of the molecule is CCO[C@@H]1C[C@@H](NC[C@H]2Cc3ccccc3O2)C12CCOCC2. The van der Waals surface area contributed by atoms with E-state index in [4.69, 9.17) is 14.2 Å². The van der Waals surface area contributed by atoms with E-state index in [9.17, 15) is 0 Å². The van der Waals surface area contributed by atoms with Crippen molar-refractivity contribution >= 4 is 0 Å². The molecule has 23 heavy (non-hydrogen) atoms. The third-order valence-electron chi connectivity index (χ3n) is 5.88. The van der Waals surface area contributed by atoms with Gasteiger partial charge in [0.25, 0.3) is 0 Å². The van der Waals surface area contributed by atoms with E-state index in [-0.39, 0.29) is 11.5 Å². The Kier molecular flexibility index (Phi) is 4.31. The van der Waals surface area contributed by atoms with E-state index in [1.165, 1.54) is 5.56 Å². The molecular weight excluding hydrogens is 290 g/mol. The summed E-state index contributed by atoms with van der Waals surface area (Å²) < 4.78 is 17.6. The van der Waals surface area contributed by atoms with Crippen LogP contribution in [-0.4, -0.2) is 44.6 Å². The van der Waals surface area contributed by atoms with E-state index >= 15 is 0 Å². The molecule has 3 aliphatic rings. The predicted octanol–water partition coefficient (Wildman–Crippen LogP) is 2.55. The van der Waals surface area contributed by atoms with Crippen molar-refractivity contribution in [2.45, 2.75) is 50.9 Å². The van der Waals surface area contributed by atoms with Crippen LogP contribution in [-0.2, 0) is 15.9 Å². The van der Waals surface area contributed by atoms with Gasteiger partial charge in [0.15, 0.2) is 0 Å². The molecule has 0 radical (unpaired) electrons. The van der Waals surface area contributed by atoms with Crippen LogP contribution < -0.4 is 10.1 Å². The van der Waals surface area contributed by atoms with Crippen molar-refractivity contribution in [1.29, 1.82) is 0 Å². The summed E-state index contributed by atoms with van der Waals surface area (Å²) in [6, 6.07) is 8.92. The molecule has 1 spiro atoms. The van der Waals surface area contributed by atoms with Crippen molar-refractivity contribution in [3.05, 3.63) is 29.8 Å². The molecule has 4 heteroatoms. The first-order valence-corrected chi connectivity index (χ1v) is 8.99. The molecule has 1 aromatic rings. The third-order valence-corrected chi connectivity index (χ3v) is 5.88. The molecule has 2 aliphatic heterocycles. The summed E-state index contributed by atoms with van der Waals surface area (Å²) in [5, 5.41) is 3.78. The Balaban J connectivity index is 1.34. The van der Waals surface area contributed by atoms with Gasteiger partial charge in [0.1, 0.15) is 11.9 Å². The Morgan fingerprint density at radius 2 is 2.09 bits per heavy atom. The molecule has 4 rings (SSSR count). The second kappa shape index (κ2) is 6.42. The number of rotatable bonds is 5. The van der Waals surface area contributed by atoms with Gasteiger partial charge in [-0.3, -0.25) is 0 Å². The summed E-state index contributed by atoms with van der Waals surface area (Å²) in [6.45, 7) is 5.56. The van der Waals surface area contributed by atoms with Gasteiger partial charge in [-0.2, -0.15) is 0 Å². The fourth-order valence-corrected chi connectivity index (χ4v) is 4.53. The van der Waals surface area contributed by atoms with Crippen molar-refractivity contribution in [3.8, 4) is 5.75 Å². The second-order valence-corrected chi connectivity index (χ2v) is 7.04. The molecule has 3 atom stereocenters. The summed E-state index contributed by atoms with van der Waals surface area (Å²) in [7, 11) is 0. The molecule has 4 nitrogen and oxygen atoms in total. The molecule has 126 valence electrons. The zero-order chi connectivity index (χ0) is 15.7. The van der Waals surface area contributed by atoms with Crippen LogP contribution in [0, 0.1) is 5.41 Å². The maximum Gasteiger partial charge on any atom is 0.123 e. The van der Waals surface area contributed by atoms with Crippen molar-refractivity contribution in [2.75, 3.05) is 26.4 Å². The molecular formula is C19H27NO3. The van der Waals surface area contributed by atoms with Crippen LogP contribution in [0.25, 0.3) is 0 Å². The maximum absolute atomic E-state index is 6.06. The molecule has 1 aromatic carbocycles. The molecule has 2 fully saturated rings. The monoisotopic (exact) mass is 317 g/mol. The lowest BCUT2D eigenvalue weighted by atomic mass is 9.57. The number of fused-ring (bicyclic) bond motifs is 1. The molecule has 1 saturated carbocycles. The highest BCUT2D eigenvalue weighted by Crippen LogP contribution is 2.50. The van der Waals surface area contributed by atoms with Gasteiger partial charge in [-0.15, -0.1) is 0 Å². The highest BCUT2D eigenvalue weighted by atomic mass is 16.5. The normalized spacial score (nSPS) is 31.4. The lowest BCUT2D eigenvalue weighted by Crippen LogP contribution is -2.66. The molecule has 2 heterocycles. The number of ether oxygens (including phenoxy) is 3. The van der Waals surface area contributed by atoms with Crippen LogP contribution in [0.2, 0.25) is 0 Å². The number of benzene rings is 1. The highest BCUT2D eigenvalue weighted by molar-refractivity contribution is 5.37. The number of para-hydroxylation sites is 1. The average molecular weight is 317 g/mol. The van der Waals surface area contributed by atoms with Gasteiger partial charge in [0.05, 0.1) is 6.10 Å². The van der Waals surface area contributed by atoms with Crippen LogP contribution in [0.15, 0.2) is 24.3 Å². The summed E-state index contributed by atoms with van der Waals surface area (Å²) in [6.07, 6.45) is 5.02. The van der Waals surface area contributed by atoms with E-state index in [1.807, 2.05) is 6.07 Å². The first kappa shape index (κ1) is 15.4. The minimum atomic E-state index is 0.260. The summed E-state index contributed by atoms with van der Waals surface area (Å²) in [4.78, 5) is 0. The van der Waals surface area contributed by atoms with Gasteiger partial charge < -0.3 is 19.5 Å². The molecule has 1 saturated heterocycles. The van der Waals surface area contributed by atoms with Crippen molar-refractivity contribution in [3.63, 3.8) is 0 Å². The van der Waals surface area contributed by atoms with Gasteiger partial charge in [0, 0.05) is 44.2 Å². The van der Waals surface area contributed by atoms with Crippen LogP contribution >= 0.6 is 0 Å². The molecule has 0 bridgehead atoms. The van der Waals surface area contributed by atoms with Gasteiger partial charge in [0.2, 0.25) is 0 Å². The Morgan fingerprint density at radius 3 is 2.87 bits per heavy atom. The number of hydrogen-bond donors (Lipinski definition) is 1. The first-order chi connectivity index (χ1) is 11.3. The largest absolute Gasteiger partial charge is 0.488 e. The van der Waals surface area contributed by atoms with Crippen molar-refractivity contribution in [1.82, 2.24) is 5.32 Å². The summed E-state index contributed by atoms with van der Waals surface area (Å²) >= 11 is 0. The zero-order valence-corrected chi connectivity index (χ0v) is 13.9. The van der Waals surface area contributed by atoms with Crippen molar-refractivity contribution in [2.24, 2.45) is 5.41 Å². The fourth-order valence-electron chi connectivity index (χ4n) is 4.53. The minimum absolute atomic E-state index is 0.260. The molecule has 1 N–H and O–H groups in total. The number of hydrogen-bond acceptors (Lipinski definition) is 4. The third kappa shape index (κ3) is 2.77. The molecule has 1 aliphatic carbocycles. The topological polar surface area (TPSA) is 39.7 Å². The average Bonchev–Trinajstić information content (AvgIpc) is 3.01.